The molecule has 180 valence electrons. The molecule has 0 aliphatic carbocycles. The van der Waals surface area contributed by atoms with Gasteiger partial charge in [0, 0.05) is 37.0 Å². The Morgan fingerprint density at radius 3 is 2.77 bits per heavy atom. The number of fused-ring (bicyclic) bond motifs is 2. The van der Waals surface area contributed by atoms with Gasteiger partial charge in [-0.1, -0.05) is 13.0 Å². The van der Waals surface area contributed by atoms with Crippen LogP contribution in [0, 0.1) is 18.2 Å². The zero-order chi connectivity index (χ0) is 24.5. The molecule has 3 heterocycles. The lowest BCUT2D eigenvalue weighted by Crippen LogP contribution is -2.36. The molecule has 0 amide bonds. The number of morpholine rings is 1. The van der Waals surface area contributed by atoms with E-state index < -0.39 is 0 Å². The summed E-state index contributed by atoms with van der Waals surface area (Å²) >= 11 is 0. The number of anilines is 1. The number of benzene rings is 2. The molecule has 0 saturated carbocycles. The van der Waals surface area contributed by atoms with Crippen LogP contribution in [-0.2, 0) is 11.2 Å². The van der Waals surface area contributed by atoms with E-state index in [9.17, 15) is 0 Å². The van der Waals surface area contributed by atoms with E-state index in [0.717, 1.165) is 48.4 Å². The highest BCUT2D eigenvalue weighted by molar-refractivity contribution is 6.11. The van der Waals surface area contributed by atoms with Crippen molar-refractivity contribution in [3.8, 4) is 5.69 Å². The Morgan fingerprint density at radius 2 is 2.03 bits per heavy atom. The lowest BCUT2D eigenvalue weighted by Gasteiger charge is -2.29. The summed E-state index contributed by atoms with van der Waals surface area (Å²) in [5, 5.41) is 7.89. The summed E-state index contributed by atoms with van der Waals surface area (Å²) in [7, 11) is 0. The molecule has 2 aromatic heterocycles. The van der Waals surface area contributed by atoms with Gasteiger partial charge in [0.1, 0.15) is 29.3 Å². The Kier molecular flexibility index (Phi) is 6.17. The second-order valence-corrected chi connectivity index (χ2v) is 8.64. The Bertz CT molecular complexity index is 1450. The first kappa shape index (κ1) is 22.9. The van der Waals surface area contributed by atoms with Gasteiger partial charge >= 0.3 is 0 Å². The van der Waals surface area contributed by atoms with E-state index in [4.69, 9.17) is 20.9 Å². The third kappa shape index (κ3) is 4.01. The highest BCUT2D eigenvalue weighted by atomic mass is 19.1. The lowest BCUT2D eigenvalue weighted by atomic mass is 10.1. The number of nitrogens with one attached hydrogen (secondary N) is 1. The van der Waals surface area contributed by atoms with Crippen molar-refractivity contribution in [1.29, 1.82) is 5.41 Å². The summed E-state index contributed by atoms with van der Waals surface area (Å²) in [6, 6.07) is 9.12. The molecule has 0 atom stereocenters. The van der Waals surface area contributed by atoms with Gasteiger partial charge in [-0.3, -0.25) is 15.0 Å². The van der Waals surface area contributed by atoms with Gasteiger partial charge < -0.3 is 15.4 Å². The number of aryl methyl sites for hydroxylation is 2. The number of nitrogens with two attached hydrogens (primary N) is 1. The van der Waals surface area contributed by atoms with Crippen LogP contribution in [0.2, 0.25) is 0 Å². The fourth-order valence-corrected chi connectivity index (χ4v) is 4.74. The topological polar surface area (TPSA) is 105 Å². The fraction of sp³-hybridized carbons (Fsp3) is 0.308. The molecule has 0 unspecified atom stereocenters. The van der Waals surface area contributed by atoms with Crippen LogP contribution in [0.5, 0.6) is 0 Å². The first-order chi connectivity index (χ1) is 17.0. The zero-order valence-corrected chi connectivity index (χ0v) is 19.9. The minimum Gasteiger partial charge on any atom is -0.383 e. The molecule has 1 aliphatic rings. The van der Waals surface area contributed by atoms with E-state index in [1.807, 2.05) is 23.6 Å². The van der Waals surface area contributed by atoms with Crippen LogP contribution in [0.4, 0.5) is 10.1 Å². The number of halogens is 1. The number of hydrogen-bond donors (Lipinski definition) is 2. The van der Waals surface area contributed by atoms with Crippen LogP contribution in [-0.4, -0.2) is 53.0 Å². The number of imidazole rings is 1. The van der Waals surface area contributed by atoms with Crippen LogP contribution in [0.1, 0.15) is 30.3 Å². The molecule has 1 aliphatic heterocycles. The van der Waals surface area contributed by atoms with Crippen LogP contribution >= 0.6 is 0 Å². The van der Waals surface area contributed by atoms with E-state index in [-0.39, 0.29) is 11.7 Å². The van der Waals surface area contributed by atoms with Crippen molar-refractivity contribution in [3.63, 3.8) is 0 Å². The maximum absolute atomic E-state index is 15.3. The normalized spacial score (nSPS) is 14.7. The molecule has 4 aromatic rings. The molecular weight excluding hydrogens is 445 g/mol. The smallest absolute Gasteiger partial charge is 0.134 e. The number of nitrogens with zero attached hydrogens (tertiary/aromatic N) is 5. The second-order valence-electron chi connectivity index (χ2n) is 8.64. The van der Waals surface area contributed by atoms with Gasteiger partial charge in [-0.05, 0) is 43.2 Å². The first-order valence-corrected chi connectivity index (χ1v) is 11.8. The molecule has 0 bridgehead atoms. The Labute approximate surface area is 202 Å². The summed E-state index contributed by atoms with van der Waals surface area (Å²) in [5.41, 5.74) is 11.6. The molecule has 1 fully saturated rings. The summed E-state index contributed by atoms with van der Waals surface area (Å²) in [4.78, 5) is 15.7. The van der Waals surface area contributed by atoms with Crippen molar-refractivity contribution < 1.29 is 9.13 Å². The van der Waals surface area contributed by atoms with Gasteiger partial charge in [0.2, 0.25) is 0 Å². The van der Waals surface area contributed by atoms with Gasteiger partial charge in [0.05, 0.1) is 35.3 Å². The number of hydrogen-bond acceptors (Lipinski definition) is 5. The third-order valence-corrected chi connectivity index (χ3v) is 6.41. The molecule has 35 heavy (non-hydrogen) atoms. The molecule has 5 rings (SSSR count). The summed E-state index contributed by atoms with van der Waals surface area (Å²) < 4.78 is 22.8. The number of pyridine rings is 1. The average molecular weight is 474 g/mol. The summed E-state index contributed by atoms with van der Waals surface area (Å²) in [5.74, 6) is 0.695. The van der Waals surface area contributed by atoms with Crippen molar-refractivity contribution in [2.24, 2.45) is 10.7 Å². The van der Waals surface area contributed by atoms with Crippen molar-refractivity contribution >= 4 is 39.8 Å². The van der Waals surface area contributed by atoms with Crippen LogP contribution in [0.3, 0.4) is 0 Å². The van der Waals surface area contributed by atoms with Gasteiger partial charge in [-0.2, -0.15) is 0 Å². The van der Waals surface area contributed by atoms with Gasteiger partial charge in [-0.25, -0.2) is 14.4 Å². The van der Waals surface area contributed by atoms with Crippen molar-refractivity contribution in [3.05, 3.63) is 59.3 Å². The number of amidine groups is 1. The molecule has 0 spiro atoms. The van der Waals surface area contributed by atoms with Crippen molar-refractivity contribution in [2.75, 3.05) is 31.2 Å². The maximum atomic E-state index is 15.3. The third-order valence-electron chi connectivity index (χ3n) is 6.41. The Balaban J connectivity index is 1.88. The molecule has 8 nitrogen and oxygen atoms in total. The average Bonchev–Trinajstić information content (AvgIpc) is 3.24. The van der Waals surface area contributed by atoms with Crippen LogP contribution in [0.15, 0.2) is 41.5 Å². The van der Waals surface area contributed by atoms with Crippen LogP contribution < -0.4 is 10.6 Å². The van der Waals surface area contributed by atoms with Crippen molar-refractivity contribution in [1.82, 2.24) is 14.5 Å². The van der Waals surface area contributed by atoms with E-state index >= 15 is 4.39 Å². The Hall–Kier alpha value is -3.85. The maximum Gasteiger partial charge on any atom is 0.134 e. The molecule has 1 saturated heterocycles. The predicted octanol–water partition coefficient (Wildman–Crippen LogP) is 4.12. The quantitative estimate of drug-likeness (QED) is 0.324. The van der Waals surface area contributed by atoms with Gasteiger partial charge in [0.25, 0.3) is 0 Å². The van der Waals surface area contributed by atoms with E-state index in [1.54, 1.807) is 12.3 Å². The predicted molar refractivity (Wildman–Crippen MR) is 138 cm³/mol. The number of aromatic nitrogens is 3. The lowest BCUT2D eigenvalue weighted by molar-refractivity contribution is 0.122. The molecule has 2 aromatic carbocycles. The standard InChI is InChI=1S/C26H28FN7O/c1-3-4-22-32-25-18(26(29)31-15-28)13-17(33-9-11-35-12-10-33)14-21(25)34(22)20-7-8-30-24-16(2)5-6-19(27)23(20)24/h5-8,13-15H,3-4,9-12H2,1-2H3,(H3,28,29,31). The van der Waals surface area contributed by atoms with Crippen molar-refractivity contribution in [2.45, 2.75) is 26.7 Å². The SMILES string of the molecule is CCCc1nc2c(C(N)=NC=N)cc(N3CCOCC3)cc2n1-c1ccnc2c(C)ccc(F)c12. The summed E-state index contributed by atoms with van der Waals surface area (Å²) in [6.07, 6.45) is 4.20. The van der Waals surface area contributed by atoms with Crippen LogP contribution in [0.25, 0.3) is 27.6 Å². The first-order valence-electron chi connectivity index (χ1n) is 11.8. The zero-order valence-electron chi connectivity index (χ0n) is 19.9. The minimum atomic E-state index is -0.326. The van der Waals surface area contributed by atoms with E-state index in [1.165, 1.54) is 6.07 Å². The van der Waals surface area contributed by atoms with Gasteiger partial charge in [-0.15, -0.1) is 0 Å². The van der Waals surface area contributed by atoms with E-state index in [2.05, 4.69) is 27.9 Å². The largest absolute Gasteiger partial charge is 0.383 e. The number of rotatable bonds is 6. The van der Waals surface area contributed by atoms with E-state index in [0.29, 0.717) is 47.3 Å². The molecule has 0 radical (unpaired) electrons. The Morgan fingerprint density at radius 1 is 1.23 bits per heavy atom. The monoisotopic (exact) mass is 473 g/mol. The fourth-order valence-electron chi connectivity index (χ4n) is 4.74. The molecule has 9 heteroatoms. The summed E-state index contributed by atoms with van der Waals surface area (Å²) in [6.45, 7) is 6.78. The molecular formula is C26H28FN7O. The van der Waals surface area contributed by atoms with Gasteiger partial charge in [0.15, 0.2) is 0 Å². The molecule has 3 N–H and O–H groups in total. The number of ether oxygens (including phenoxy) is 1. The number of aliphatic imine (C=N–C) groups is 1. The highest BCUT2D eigenvalue weighted by Gasteiger charge is 2.23. The second kappa shape index (κ2) is 9.42. The highest BCUT2D eigenvalue weighted by Crippen LogP contribution is 2.34. The minimum absolute atomic E-state index is 0.217.